The molecule has 0 amide bonds. The van der Waals surface area contributed by atoms with Crippen molar-refractivity contribution in [2.75, 3.05) is 0 Å². The number of rotatable bonds is 5. The van der Waals surface area contributed by atoms with E-state index in [1.807, 2.05) is 5.38 Å². The van der Waals surface area contributed by atoms with Gasteiger partial charge in [0.1, 0.15) is 5.01 Å². The molecule has 2 rings (SSSR count). The Morgan fingerprint density at radius 3 is 2.65 bits per heavy atom. The van der Waals surface area contributed by atoms with Gasteiger partial charge in [-0.05, 0) is 31.2 Å². The minimum absolute atomic E-state index is 0.0740. The third kappa shape index (κ3) is 5.26. The van der Waals surface area contributed by atoms with Crippen LogP contribution in [0.25, 0.3) is 12.2 Å². The van der Waals surface area contributed by atoms with Crippen LogP contribution in [0.1, 0.15) is 20.6 Å². The van der Waals surface area contributed by atoms with Gasteiger partial charge >= 0.3 is 6.18 Å². The molecule has 0 N–H and O–H groups in total. The fourth-order valence-corrected chi connectivity index (χ4v) is 2.97. The van der Waals surface area contributed by atoms with Crippen LogP contribution in [0, 0.1) is 6.92 Å². The lowest BCUT2D eigenvalue weighted by atomic mass is 10.2. The van der Waals surface area contributed by atoms with E-state index in [1.54, 1.807) is 18.3 Å². The lowest BCUT2D eigenvalue weighted by Crippen LogP contribution is -2.07. The molecule has 0 saturated heterocycles. The molecule has 120 valence electrons. The second kappa shape index (κ2) is 7.47. The topological polar surface area (TPSA) is 42.9 Å². The van der Waals surface area contributed by atoms with E-state index >= 15 is 0 Å². The highest BCUT2D eigenvalue weighted by molar-refractivity contribution is 7.12. The second-order valence-corrected chi connectivity index (χ2v) is 6.43. The maximum absolute atomic E-state index is 12.8. The molecule has 0 aliphatic heterocycles. The molecule has 0 unspecified atom stereocenters. The highest BCUT2D eigenvalue weighted by Crippen LogP contribution is 2.34. The molecule has 23 heavy (non-hydrogen) atoms. The maximum Gasteiger partial charge on any atom is 0.434 e. The summed E-state index contributed by atoms with van der Waals surface area (Å²) < 4.78 is 38.3. The Kier molecular flexibility index (Phi) is 5.62. The molecule has 3 nitrogen and oxygen atoms in total. The molecule has 8 heteroatoms. The summed E-state index contributed by atoms with van der Waals surface area (Å²) in [6.07, 6.45) is 5.52. The smallest absolute Gasteiger partial charge is 0.290 e. The highest BCUT2D eigenvalue weighted by atomic mass is 32.1. The summed E-state index contributed by atoms with van der Waals surface area (Å²) in [6, 6.07) is 0. The standard InChI is InChI=1S/C15H11F3N2OS2/c1-10-20-14(15(16,17)18)12(23-10)7-6-11(21)4-2-3-5-13-19-8-9-22-13/h2-9H,1H3/b4-2+,5-3+,7-6+. The van der Waals surface area contributed by atoms with Crippen molar-refractivity contribution in [1.82, 2.24) is 9.97 Å². The first kappa shape index (κ1) is 17.3. The summed E-state index contributed by atoms with van der Waals surface area (Å²) in [6.45, 7) is 1.49. The molecular weight excluding hydrogens is 345 g/mol. The zero-order chi connectivity index (χ0) is 16.9. The minimum atomic E-state index is -4.53. The second-order valence-electron chi connectivity index (χ2n) is 4.27. The van der Waals surface area contributed by atoms with Gasteiger partial charge in [0.15, 0.2) is 11.5 Å². The summed E-state index contributed by atoms with van der Waals surface area (Å²) >= 11 is 2.35. The Morgan fingerprint density at radius 2 is 2.00 bits per heavy atom. The molecular formula is C15H11F3N2OS2. The van der Waals surface area contributed by atoms with Crippen molar-refractivity contribution in [2.24, 2.45) is 0 Å². The Hall–Kier alpha value is -2.06. The molecule has 0 bridgehead atoms. The van der Waals surface area contributed by atoms with Gasteiger partial charge in [-0.1, -0.05) is 12.2 Å². The SMILES string of the molecule is Cc1nc(C(F)(F)F)c(/C=C/C(=O)/C=C/C=C/c2nccs2)s1. The molecule has 0 aliphatic carbocycles. The van der Waals surface area contributed by atoms with Crippen LogP contribution in [0.3, 0.4) is 0 Å². The third-order valence-corrected chi connectivity index (χ3v) is 4.17. The van der Waals surface area contributed by atoms with Crippen LogP contribution in [-0.2, 0) is 11.0 Å². The summed E-state index contributed by atoms with van der Waals surface area (Å²) in [5.74, 6) is -0.409. The van der Waals surface area contributed by atoms with E-state index in [9.17, 15) is 18.0 Å². The first-order valence-electron chi connectivity index (χ1n) is 6.37. The Morgan fingerprint density at radius 1 is 1.22 bits per heavy atom. The largest absolute Gasteiger partial charge is 0.434 e. The summed E-state index contributed by atoms with van der Waals surface area (Å²) in [5.41, 5.74) is -0.961. The lowest BCUT2D eigenvalue weighted by Gasteiger charge is -2.02. The number of carbonyl (C=O) groups is 1. The zero-order valence-corrected chi connectivity index (χ0v) is 13.5. The molecule has 0 aromatic carbocycles. The van der Waals surface area contributed by atoms with Gasteiger partial charge in [0.2, 0.25) is 0 Å². The summed E-state index contributed by atoms with van der Waals surface area (Å²) in [7, 11) is 0. The molecule has 0 spiro atoms. The van der Waals surface area contributed by atoms with Crippen LogP contribution in [0.4, 0.5) is 13.2 Å². The average Bonchev–Trinajstić information content (AvgIpc) is 3.10. The molecule has 2 aromatic heterocycles. The number of halogens is 3. The van der Waals surface area contributed by atoms with Crippen molar-refractivity contribution in [3.63, 3.8) is 0 Å². The van der Waals surface area contributed by atoms with Crippen LogP contribution in [0.5, 0.6) is 0 Å². The van der Waals surface area contributed by atoms with Gasteiger partial charge in [0.25, 0.3) is 0 Å². The number of aryl methyl sites for hydroxylation is 1. The maximum atomic E-state index is 12.8. The van der Waals surface area contributed by atoms with Gasteiger partial charge in [-0.15, -0.1) is 22.7 Å². The molecule has 0 fully saturated rings. The molecule has 0 atom stereocenters. The van der Waals surface area contributed by atoms with Gasteiger partial charge in [-0.25, -0.2) is 9.97 Å². The predicted octanol–water partition coefficient (Wildman–Crippen LogP) is 4.78. The Balaban J connectivity index is 2.01. The fourth-order valence-electron chi connectivity index (χ4n) is 1.58. The van der Waals surface area contributed by atoms with Crippen molar-refractivity contribution < 1.29 is 18.0 Å². The average molecular weight is 356 g/mol. The van der Waals surface area contributed by atoms with Gasteiger partial charge in [0.05, 0.1) is 9.88 Å². The number of allylic oxidation sites excluding steroid dienone is 4. The van der Waals surface area contributed by atoms with E-state index in [0.717, 1.165) is 28.5 Å². The van der Waals surface area contributed by atoms with Crippen molar-refractivity contribution in [1.29, 1.82) is 0 Å². The fraction of sp³-hybridized carbons (Fsp3) is 0.133. The zero-order valence-electron chi connectivity index (χ0n) is 11.9. The Labute approximate surface area is 138 Å². The number of ketones is 1. The number of hydrogen-bond donors (Lipinski definition) is 0. The van der Waals surface area contributed by atoms with E-state index in [-0.39, 0.29) is 4.88 Å². The van der Waals surface area contributed by atoms with E-state index in [0.29, 0.717) is 5.01 Å². The molecule has 2 aromatic rings. The first-order valence-corrected chi connectivity index (χ1v) is 8.07. The summed E-state index contributed by atoms with van der Waals surface area (Å²) in [4.78, 5) is 19.0. The number of aromatic nitrogens is 2. The normalized spacial score (nSPS) is 12.9. The van der Waals surface area contributed by atoms with E-state index in [1.165, 1.54) is 30.4 Å². The van der Waals surface area contributed by atoms with Crippen molar-refractivity contribution >= 4 is 40.6 Å². The van der Waals surface area contributed by atoms with E-state index in [2.05, 4.69) is 9.97 Å². The number of alkyl halides is 3. The van der Waals surface area contributed by atoms with Crippen molar-refractivity contribution in [3.05, 3.63) is 56.5 Å². The van der Waals surface area contributed by atoms with Gasteiger partial charge in [-0.2, -0.15) is 13.2 Å². The van der Waals surface area contributed by atoms with Gasteiger partial charge < -0.3 is 0 Å². The first-order chi connectivity index (χ1) is 10.9. The van der Waals surface area contributed by atoms with E-state index in [4.69, 9.17) is 0 Å². The van der Waals surface area contributed by atoms with Gasteiger partial charge in [-0.3, -0.25) is 4.79 Å². The highest BCUT2D eigenvalue weighted by Gasteiger charge is 2.36. The predicted molar refractivity (Wildman–Crippen MR) is 86.2 cm³/mol. The van der Waals surface area contributed by atoms with Crippen LogP contribution >= 0.6 is 22.7 Å². The monoisotopic (exact) mass is 356 g/mol. The molecule has 0 saturated carbocycles. The van der Waals surface area contributed by atoms with Crippen molar-refractivity contribution in [3.8, 4) is 0 Å². The molecule has 0 radical (unpaired) electrons. The van der Waals surface area contributed by atoms with Crippen LogP contribution in [0.15, 0.2) is 35.9 Å². The number of nitrogens with zero attached hydrogens (tertiary/aromatic N) is 2. The summed E-state index contributed by atoms with van der Waals surface area (Å²) in [5, 5.41) is 2.92. The quantitative estimate of drug-likeness (QED) is 0.572. The number of carbonyl (C=O) groups excluding carboxylic acids is 1. The number of thiazole rings is 2. The molecule has 0 aliphatic rings. The molecule has 2 heterocycles. The third-order valence-electron chi connectivity index (χ3n) is 2.49. The van der Waals surface area contributed by atoms with Crippen LogP contribution in [-0.4, -0.2) is 15.8 Å². The lowest BCUT2D eigenvalue weighted by molar-refractivity contribution is -0.140. The minimum Gasteiger partial charge on any atom is -0.290 e. The Bertz CT molecular complexity index is 756. The van der Waals surface area contributed by atoms with Gasteiger partial charge in [0, 0.05) is 11.6 Å². The van der Waals surface area contributed by atoms with Crippen LogP contribution in [0.2, 0.25) is 0 Å². The number of hydrogen-bond acceptors (Lipinski definition) is 5. The van der Waals surface area contributed by atoms with Crippen molar-refractivity contribution in [2.45, 2.75) is 13.1 Å². The van der Waals surface area contributed by atoms with E-state index < -0.39 is 17.7 Å². The van der Waals surface area contributed by atoms with Crippen LogP contribution < -0.4 is 0 Å².